The number of H-pyrrole nitrogens is 1. The first-order chi connectivity index (χ1) is 9.16. The molecule has 2 aromatic rings. The quantitative estimate of drug-likeness (QED) is 0.782. The average molecular weight is 258 g/mol. The van der Waals surface area contributed by atoms with Gasteiger partial charge in [0.1, 0.15) is 0 Å². The molecule has 1 amide bonds. The molecule has 19 heavy (non-hydrogen) atoms. The summed E-state index contributed by atoms with van der Waals surface area (Å²) in [6.45, 7) is 0. The number of carbonyl (C=O) groups excluding carboxylic acids is 1. The maximum absolute atomic E-state index is 11.8. The number of aromatic nitrogens is 1. The van der Waals surface area contributed by atoms with Gasteiger partial charge in [0.25, 0.3) is 0 Å². The molecule has 1 aromatic carbocycles. The molecule has 1 aliphatic carbocycles. The van der Waals surface area contributed by atoms with Crippen molar-refractivity contribution in [2.45, 2.75) is 18.9 Å². The van der Waals surface area contributed by atoms with E-state index in [0.717, 1.165) is 23.7 Å². The molecule has 1 atom stereocenters. The van der Waals surface area contributed by atoms with Crippen LogP contribution >= 0.6 is 0 Å². The number of carboxylic acid groups (broad SMARTS) is 1. The highest BCUT2D eigenvalue weighted by molar-refractivity contribution is 5.92. The van der Waals surface area contributed by atoms with Gasteiger partial charge in [-0.25, -0.2) is 4.79 Å². The fraction of sp³-hybridized carbons (Fsp3) is 0.286. The van der Waals surface area contributed by atoms with Crippen molar-refractivity contribution in [2.24, 2.45) is 5.92 Å². The van der Waals surface area contributed by atoms with Crippen LogP contribution in [0.1, 0.15) is 24.4 Å². The number of aromatic amines is 1. The van der Waals surface area contributed by atoms with Crippen LogP contribution in [0.2, 0.25) is 0 Å². The van der Waals surface area contributed by atoms with E-state index in [2.05, 4.69) is 10.3 Å². The van der Waals surface area contributed by atoms with Crippen molar-refractivity contribution in [1.29, 1.82) is 0 Å². The molecule has 5 heteroatoms. The third-order valence-corrected chi connectivity index (χ3v) is 3.41. The standard InChI is InChI=1S/C14H14N2O3/c17-13(8-5-6-8)16-12(14(18)19)10-7-15-11-4-2-1-3-9(10)11/h1-4,7-8,12,15H,5-6H2,(H,16,17)(H,18,19). The maximum Gasteiger partial charge on any atom is 0.330 e. The molecule has 3 rings (SSSR count). The minimum absolute atomic E-state index is 0.00736. The number of hydrogen-bond donors (Lipinski definition) is 3. The first-order valence-electron chi connectivity index (χ1n) is 6.26. The second-order valence-electron chi connectivity index (χ2n) is 4.84. The first-order valence-corrected chi connectivity index (χ1v) is 6.26. The van der Waals surface area contributed by atoms with Gasteiger partial charge in [-0.15, -0.1) is 0 Å². The third-order valence-electron chi connectivity index (χ3n) is 3.41. The van der Waals surface area contributed by atoms with Crippen molar-refractivity contribution in [3.8, 4) is 0 Å². The summed E-state index contributed by atoms with van der Waals surface area (Å²) >= 11 is 0. The second-order valence-corrected chi connectivity index (χ2v) is 4.84. The lowest BCUT2D eigenvalue weighted by Gasteiger charge is -2.13. The van der Waals surface area contributed by atoms with E-state index in [1.54, 1.807) is 6.20 Å². The summed E-state index contributed by atoms with van der Waals surface area (Å²) in [5.41, 5.74) is 1.46. The Morgan fingerprint density at radius 2 is 2.05 bits per heavy atom. The Balaban J connectivity index is 1.94. The number of rotatable bonds is 4. The Bertz CT molecular complexity index is 643. The van der Waals surface area contributed by atoms with E-state index in [-0.39, 0.29) is 11.8 Å². The summed E-state index contributed by atoms with van der Waals surface area (Å²) in [6.07, 6.45) is 3.36. The average Bonchev–Trinajstić information content (AvgIpc) is 3.16. The highest BCUT2D eigenvalue weighted by atomic mass is 16.4. The lowest BCUT2D eigenvalue weighted by molar-refractivity contribution is -0.142. The monoisotopic (exact) mass is 258 g/mol. The summed E-state index contributed by atoms with van der Waals surface area (Å²) in [7, 11) is 0. The number of amides is 1. The van der Waals surface area contributed by atoms with Crippen LogP contribution in [0.5, 0.6) is 0 Å². The fourth-order valence-corrected chi connectivity index (χ4v) is 2.21. The van der Waals surface area contributed by atoms with Gasteiger partial charge in [0, 0.05) is 28.6 Å². The van der Waals surface area contributed by atoms with Crippen LogP contribution in [0.15, 0.2) is 30.5 Å². The third kappa shape index (κ3) is 2.19. The van der Waals surface area contributed by atoms with Crippen molar-refractivity contribution >= 4 is 22.8 Å². The molecule has 1 saturated carbocycles. The molecule has 1 aliphatic rings. The van der Waals surface area contributed by atoms with Crippen LogP contribution in [0.4, 0.5) is 0 Å². The van der Waals surface area contributed by atoms with Crippen molar-refractivity contribution in [1.82, 2.24) is 10.3 Å². The fourth-order valence-electron chi connectivity index (χ4n) is 2.21. The molecule has 1 aromatic heterocycles. The summed E-state index contributed by atoms with van der Waals surface area (Å²) < 4.78 is 0. The zero-order chi connectivity index (χ0) is 13.4. The number of hydrogen-bond acceptors (Lipinski definition) is 2. The number of nitrogens with one attached hydrogen (secondary N) is 2. The number of fused-ring (bicyclic) bond motifs is 1. The summed E-state index contributed by atoms with van der Waals surface area (Å²) in [4.78, 5) is 26.2. The summed E-state index contributed by atoms with van der Waals surface area (Å²) in [5.74, 6) is -1.22. The van der Waals surface area contributed by atoms with E-state index in [0.29, 0.717) is 5.56 Å². The lowest BCUT2D eigenvalue weighted by atomic mass is 10.1. The van der Waals surface area contributed by atoms with Crippen LogP contribution in [-0.2, 0) is 9.59 Å². The highest BCUT2D eigenvalue weighted by Crippen LogP contribution is 2.31. The van der Waals surface area contributed by atoms with Crippen LogP contribution in [-0.4, -0.2) is 22.0 Å². The van der Waals surface area contributed by atoms with Crippen LogP contribution < -0.4 is 5.32 Å². The Morgan fingerprint density at radius 3 is 2.74 bits per heavy atom. The SMILES string of the molecule is O=C(NC(C(=O)O)c1c[nH]c2ccccc12)C1CC1. The van der Waals surface area contributed by atoms with E-state index < -0.39 is 12.0 Å². The van der Waals surface area contributed by atoms with E-state index in [1.807, 2.05) is 24.3 Å². The van der Waals surface area contributed by atoms with Gasteiger partial charge < -0.3 is 15.4 Å². The molecule has 3 N–H and O–H groups in total. The van der Waals surface area contributed by atoms with Gasteiger partial charge in [0.15, 0.2) is 6.04 Å². The molecule has 0 spiro atoms. The van der Waals surface area contributed by atoms with Gasteiger partial charge in [-0.2, -0.15) is 0 Å². The van der Waals surface area contributed by atoms with Crippen LogP contribution in [0, 0.1) is 5.92 Å². The number of aliphatic carboxylic acids is 1. The molecule has 1 heterocycles. The Kier molecular flexibility index (Phi) is 2.74. The minimum Gasteiger partial charge on any atom is -0.479 e. The number of benzene rings is 1. The zero-order valence-corrected chi connectivity index (χ0v) is 10.2. The molecule has 0 bridgehead atoms. The second kappa shape index (κ2) is 4.42. The van der Waals surface area contributed by atoms with E-state index in [4.69, 9.17) is 0 Å². The van der Waals surface area contributed by atoms with Gasteiger partial charge in [-0.05, 0) is 18.9 Å². The van der Waals surface area contributed by atoms with Gasteiger partial charge in [-0.1, -0.05) is 18.2 Å². The molecular formula is C14H14N2O3. The zero-order valence-electron chi connectivity index (χ0n) is 10.2. The smallest absolute Gasteiger partial charge is 0.330 e. The summed E-state index contributed by atoms with van der Waals surface area (Å²) in [6, 6.07) is 6.45. The molecule has 0 saturated heterocycles. The van der Waals surface area contributed by atoms with E-state index >= 15 is 0 Å². The van der Waals surface area contributed by atoms with Crippen LogP contribution in [0.3, 0.4) is 0 Å². The minimum atomic E-state index is -1.04. The van der Waals surface area contributed by atoms with Gasteiger partial charge in [-0.3, -0.25) is 4.79 Å². The van der Waals surface area contributed by atoms with Crippen molar-refractivity contribution < 1.29 is 14.7 Å². The summed E-state index contributed by atoms with van der Waals surface area (Å²) in [5, 5.41) is 12.8. The van der Waals surface area contributed by atoms with Crippen LogP contribution in [0.25, 0.3) is 10.9 Å². The number of carboxylic acids is 1. The predicted octanol–water partition coefficient (Wildman–Crippen LogP) is 1.82. The maximum atomic E-state index is 11.8. The first kappa shape index (κ1) is 11.8. The Morgan fingerprint density at radius 1 is 1.32 bits per heavy atom. The molecular weight excluding hydrogens is 244 g/mol. The lowest BCUT2D eigenvalue weighted by Crippen LogP contribution is -2.34. The molecule has 1 unspecified atom stereocenters. The topological polar surface area (TPSA) is 82.2 Å². The van der Waals surface area contributed by atoms with Gasteiger partial charge >= 0.3 is 5.97 Å². The van der Waals surface area contributed by atoms with Gasteiger partial charge in [0.05, 0.1) is 0 Å². The molecule has 0 radical (unpaired) electrons. The van der Waals surface area contributed by atoms with Gasteiger partial charge in [0.2, 0.25) is 5.91 Å². The van der Waals surface area contributed by atoms with E-state index in [9.17, 15) is 14.7 Å². The number of para-hydroxylation sites is 1. The largest absolute Gasteiger partial charge is 0.479 e. The predicted molar refractivity (Wildman–Crippen MR) is 69.5 cm³/mol. The van der Waals surface area contributed by atoms with E-state index in [1.165, 1.54) is 0 Å². The molecule has 98 valence electrons. The Hall–Kier alpha value is -2.30. The molecule has 5 nitrogen and oxygen atoms in total. The Labute approximate surface area is 109 Å². The normalized spacial score (nSPS) is 16.2. The van der Waals surface area contributed by atoms with Crippen molar-refractivity contribution in [3.05, 3.63) is 36.0 Å². The molecule has 1 fully saturated rings. The van der Waals surface area contributed by atoms with Crippen molar-refractivity contribution in [2.75, 3.05) is 0 Å². The number of carbonyl (C=O) groups is 2. The molecule has 0 aliphatic heterocycles. The van der Waals surface area contributed by atoms with Crippen molar-refractivity contribution in [3.63, 3.8) is 0 Å². The highest BCUT2D eigenvalue weighted by Gasteiger charge is 2.33.